The molecule has 0 spiro atoms. The van der Waals surface area contributed by atoms with Crippen LogP contribution in [0.5, 0.6) is 23.0 Å². The van der Waals surface area contributed by atoms with Gasteiger partial charge in [0.05, 0.1) is 12.0 Å². The number of esters is 1. The molecule has 6 nitrogen and oxygen atoms in total. The van der Waals surface area contributed by atoms with E-state index in [0.29, 0.717) is 23.7 Å². The fourth-order valence-corrected chi connectivity index (χ4v) is 3.27. The van der Waals surface area contributed by atoms with Crippen molar-refractivity contribution in [3.63, 3.8) is 0 Å². The van der Waals surface area contributed by atoms with Crippen molar-refractivity contribution < 1.29 is 23.4 Å². The second kappa shape index (κ2) is 9.58. The van der Waals surface area contributed by atoms with Gasteiger partial charge < -0.3 is 18.6 Å². The summed E-state index contributed by atoms with van der Waals surface area (Å²) in [5, 5.41) is -0.679. The molecule has 0 bridgehead atoms. The van der Waals surface area contributed by atoms with Gasteiger partial charge in [0.1, 0.15) is 17.6 Å². The first-order valence-electron chi connectivity index (χ1n) is 9.92. The number of alkyl halides is 1. The number of carbonyl (C=O) groups excluding carboxylic acids is 1. The van der Waals surface area contributed by atoms with Gasteiger partial charge in [-0.05, 0) is 36.8 Å². The topological polar surface area (TPSA) is 75.0 Å². The van der Waals surface area contributed by atoms with Crippen molar-refractivity contribution in [3.8, 4) is 23.0 Å². The zero-order valence-electron chi connectivity index (χ0n) is 17.1. The molecule has 4 aromatic rings. The third-order valence-electron chi connectivity index (χ3n) is 4.60. The average Bonchev–Trinajstić information content (AvgIpc) is 2.82. The van der Waals surface area contributed by atoms with Crippen LogP contribution in [0.25, 0.3) is 11.0 Å². The van der Waals surface area contributed by atoms with Crippen LogP contribution in [0, 0.1) is 0 Å². The summed E-state index contributed by atoms with van der Waals surface area (Å²) in [6.07, 6.45) is 1.22. The largest absolute Gasteiger partial charge is 0.490 e. The van der Waals surface area contributed by atoms with Crippen LogP contribution in [0.4, 0.5) is 0 Å². The molecule has 0 saturated carbocycles. The summed E-state index contributed by atoms with van der Waals surface area (Å²) in [5.74, 6) is 0.514. The maximum Gasteiger partial charge on any atom is 0.334 e. The zero-order valence-corrected chi connectivity index (χ0v) is 17.9. The highest BCUT2D eigenvalue weighted by atomic mass is 35.5. The van der Waals surface area contributed by atoms with Gasteiger partial charge in [-0.25, -0.2) is 4.79 Å². The smallest absolute Gasteiger partial charge is 0.334 e. The molecule has 1 unspecified atom stereocenters. The Kier molecular flexibility index (Phi) is 6.42. The quantitative estimate of drug-likeness (QED) is 0.199. The van der Waals surface area contributed by atoms with Gasteiger partial charge in [-0.15, -0.1) is 11.6 Å². The van der Waals surface area contributed by atoms with Crippen LogP contribution in [-0.4, -0.2) is 12.6 Å². The van der Waals surface area contributed by atoms with Crippen molar-refractivity contribution in [1.82, 2.24) is 0 Å². The van der Waals surface area contributed by atoms with E-state index in [-0.39, 0.29) is 27.9 Å². The maximum atomic E-state index is 12.9. The number of hydrogen-bond acceptors (Lipinski definition) is 6. The number of para-hydroxylation sites is 2. The van der Waals surface area contributed by atoms with Crippen LogP contribution >= 0.6 is 11.6 Å². The number of benzene rings is 3. The summed E-state index contributed by atoms with van der Waals surface area (Å²) >= 11 is 6.21. The lowest BCUT2D eigenvalue weighted by molar-refractivity contribution is -0.134. The Labute approximate surface area is 188 Å². The Morgan fingerprint density at radius 1 is 0.969 bits per heavy atom. The molecule has 0 aliphatic rings. The van der Waals surface area contributed by atoms with Crippen LogP contribution in [-0.2, 0) is 4.79 Å². The normalized spacial score (nSPS) is 11.7. The van der Waals surface area contributed by atoms with E-state index in [9.17, 15) is 9.59 Å². The average molecular weight is 451 g/mol. The fourth-order valence-electron chi connectivity index (χ4n) is 3.08. The second-order valence-corrected chi connectivity index (χ2v) is 7.20. The molecule has 4 rings (SSSR count). The van der Waals surface area contributed by atoms with Crippen molar-refractivity contribution in [3.05, 3.63) is 94.8 Å². The third-order valence-corrected chi connectivity index (χ3v) is 5.03. The highest BCUT2D eigenvalue weighted by Gasteiger charge is 2.20. The number of carbonyl (C=O) groups is 1. The molecule has 0 N–H and O–H groups in total. The Morgan fingerprint density at radius 2 is 1.69 bits per heavy atom. The molecule has 0 amide bonds. The van der Waals surface area contributed by atoms with Gasteiger partial charge in [0, 0.05) is 6.07 Å². The van der Waals surface area contributed by atoms with Gasteiger partial charge in [0.25, 0.3) is 0 Å². The highest BCUT2D eigenvalue weighted by Crippen LogP contribution is 2.31. The predicted octanol–water partition coefficient (Wildman–Crippen LogP) is 5.87. The van der Waals surface area contributed by atoms with Crippen LogP contribution in [0.15, 0.2) is 88.3 Å². The highest BCUT2D eigenvalue weighted by molar-refractivity contribution is 6.30. The first-order valence-corrected chi connectivity index (χ1v) is 10.4. The molecule has 0 aliphatic carbocycles. The Hall–Kier alpha value is -3.77. The number of hydrogen-bond donors (Lipinski definition) is 0. The molecule has 162 valence electrons. The van der Waals surface area contributed by atoms with Gasteiger partial charge in [-0.2, -0.15) is 0 Å². The standard InChI is InChI=1S/C25H19ClO6/c1-2-29-19-10-6-7-11-20(19)32-22-15-30-21-14-17(12-13-18(21)24(22)27)31-25(28)23(26)16-8-4-3-5-9-16/h3-15,23H,2H2,1H3. The molecule has 0 radical (unpaired) electrons. The van der Waals surface area contributed by atoms with Crippen LogP contribution in [0.2, 0.25) is 0 Å². The van der Waals surface area contributed by atoms with Crippen molar-refractivity contribution in [2.24, 2.45) is 0 Å². The lowest BCUT2D eigenvalue weighted by Crippen LogP contribution is -2.14. The fraction of sp³-hybridized carbons (Fsp3) is 0.120. The molecule has 0 saturated heterocycles. The third kappa shape index (κ3) is 4.60. The Morgan fingerprint density at radius 3 is 2.44 bits per heavy atom. The Bertz CT molecular complexity index is 1300. The number of fused-ring (bicyclic) bond motifs is 1. The minimum Gasteiger partial charge on any atom is -0.490 e. The summed E-state index contributed by atoms with van der Waals surface area (Å²) in [6, 6.07) is 20.4. The van der Waals surface area contributed by atoms with E-state index in [4.69, 9.17) is 30.2 Å². The predicted molar refractivity (Wildman–Crippen MR) is 121 cm³/mol. The van der Waals surface area contributed by atoms with Gasteiger partial charge in [-0.3, -0.25) is 4.79 Å². The van der Waals surface area contributed by atoms with E-state index in [1.54, 1.807) is 42.5 Å². The van der Waals surface area contributed by atoms with E-state index < -0.39 is 11.3 Å². The minimum atomic E-state index is -0.958. The van der Waals surface area contributed by atoms with Crippen LogP contribution in [0.1, 0.15) is 17.9 Å². The summed E-state index contributed by atoms with van der Waals surface area (Å²) < 4.78 is 22.2. The van der Waals surface area contributed by atoms with Gasteiger partial charge in [-0.1, -0.05) is 42.5 Å². The lowest BCUT2D eigenvalue weighted by atomic mass is 10.1. The van der Waals surface area contributed by atoms with Gasteiger partial charge in [0.2, 0.25) is 11.2 Å². The molecular weight excluding hydrogens is 432 g/mol. The van der Waals surface area contributed by atoms with Crippen molar-refractivity contribution in [2.45, 2.75) is 12.3 Å². The molecular formula is C25H19ClO6. The Balaban J connectivity index is 1.56. The van der Waals surface area contributed by atoms with E-state index in [0.717, 1.165) is 0 Å². The molecule has 1 heterocycles. The number of rotatable bonds is 7. The summed E-state index contributed by atoms with van der Waals surface area (Å²) in [7, 11) is 0. The van der Waals surface area contributed by atoms with Crippen LogP contribution in [0.3, 0.4) is 0 Å². The number of ether oxygens (including phenoxy) is 3. The molecule has 3 aromatic carbocycles. The van der Waals surface area contributed by atoms with Gasteiger partial charge in [0.15, 0.2) is 16.9 Å². The molecule has 7 heteroatoms. The van der Waals surface area contributed by atoms with E-state index in [1.807, 2.05) is 19.1 Å². The first kappa shape index (κ1) is 21.5. The molecule has 32 heavy (non-hydrogen) atoms. The molecule has 0 aliphatic heterocycles. The lowest BCUT2D eigenvalue weighted by Gasteiger charge is -2.11. The second-order valence-electron chi connectivity index (χ2n) is 6.76. The number of halogens is 1. The van der Waals surface area contributed by atoms with Crippen molar-refractivity contribution >= 4 is 28.5 Å². The van der Waals surface area contributed by atoms with E-state index >= 15 is 0 Å². The van der Waals surface area contributed by atoms with Crippen molar-refractivity contribution in [1.29, 1.82) is 0 Å². The molecule has 1 aromatic heterocycles. The van der Waals surface area contributed by atoms with Crippen molar-refractivity contribution in [2.75, 3.05) is 6.61 Å². The first-order chi connectivity index (χ1) is 15.6. The van der Waals surface area contributed by atoms with E-state index in [1.165, 1.54) is 24.5 Å². The summed E-state index contributed by atoms with van der Waals surface area (Å²) in [6.45, 7) is 2.32. The minimum absolute atomic E-state index is 0.0132. The molecule has 0 fully saturated rings. The summed E-state index contributed by atoms with van der Waals surface area (Å²) in [4.78, 5) is 25.3. The monoisotopic (exact) mass is 450 g/mol. The molecule has 1 atom stereocenters. The SMILES string of the molecule is CCOc1ccccc1Oc1coc2cc(OC(=O)C(Cl)c3ccccc3)ccc2c1=O. The van der Waals surface area contributed by atoms with Gasteiger partial charge >= 0.3 is 5.97 Å². The summed E-state index contributed by atoms with van der Waals surface area (Å²) in [5.41, 5.74) is 0.507. The van der Waals surface area contributed by atoms with E-state index in [2.05, 4.69) is 0 Å². The zero-order chi connectivity index (χ0) is 22.5. The maximum absolute atomic E-state index is 12.9. The van der Waals surface area contributed by atoms with Crippen LogP contribution < -0.4 is 19.6 Å².